The Hall–Kier alpha value is -1.64. The van der Waals surface area contributed by atoms with Crippen molar-refractivity contribution in [2.45, 2.75) is 58.2 Å². The predicted octanol–water partition coefficient (Wildman–Crippen LogP) is 1.53. The molecule has 0 aromatic rings. The van der Waals surface area contributed by atoms with E-state index in [1.165, 1.54) is 0 Å². The lowest BCUT2D eigenvalue weighted by atomic mass is 9.88. The van der Waals surface area contributed by atoms with E-state index in [0.29, 0.717) is 62.6 Å². The van der Waals surface area contributed by atoms with E-state index in [4.69, 9.17) is 21.3 Å². The summed E-state index contributed by atoms with van der Waals surface area (Å²) >= 11 is 0. The maximum atomic E-state index is 12.0. The van der Waals surface area contributed by atoms with Gasteiger partial charge in [0.05, 0.1) is 30.2 Å². The number of likely N-dealkylation sites (N-methyl/N-ethyl adjacent to an activating group) is 1. The third-order valence-corrected chi connectivity index (χ3v) is 5.66. The molecule has 1 saturated carbocycles. The number of amides is 1. The van der Waals surface area contributed by atoms with E-state index in [2.05, 4.69) is 4.99 Å². The summed E-state index contributed by atoms with van der Waals surface area (Å²) in [5, 5.41) is 17.2. The topological polar surface area (TPSA) is 119 Å². The van der Waals surface area contributed by atoms with Gasteiger partial charge >= 0.3 is 0 Å². The number of nitrogens with one attached hydrogen (secondary N) is 2. The van der Waals surface area contributed by atoms with Gasteiger partial charge in [0.2, 0.25) is 5.91 Å². The highest BCUT2D eigenvalue weighted by atomic mass is 16.5. The molecule has 158 valence electrons. The minimum Gasteiger partial charge on any atom is -0.378 e. The highest BCUT2D eigenvalue weighted by Gasteiger charge is 2.32. The molecule has 2 aliphatic rings. The van der Waals surface area contributed by atoms with E-state index in [-0.39, 0.29) is 24.1 Å². The number of hydrogen-bond donors (Lipinski definition) is 3. The smallest absolute Gasteiger partial charge is 0.236 e. The summed E-state index contributed by atoms with van der Waals surface area (Å²) in [6.45, 7) is 6.83. The molecule has 1 amide bonds. The second-order valence-corrected chi connectivity index (χ2v) is 7.68. The molecule has 0 bridgehead atoms. The Morgan fingerprint density at radius 2 is 2.14 bits per heavy atom. The molecule has 1 aliphatic heterocycles. The first kappa shape index (κ1) is 22.6. The summed E-state index contributed by atoms with van der Waals surface area (Å²) < 4.78 is 5.82. The van der Waals surface area contributed by atoms with Gasteiger partial charge < -0.3 is 26.2 Å². The highest BCUT2D eigenvalue weighted by molar-refractivity contribution is 6.45. The first-order valence-corrected chi connectivity index (χ1v) is 10.4. The van der Waals surface area contributed by atoms with Crippen molar-refractivity contribution in [2.75, 3.05) is 39.8 Å². The normalized spacial score (nSPS) is 26.3. The largest absolute Gasteiger partial charge is 0.378 e. The second-order valence-electron chi connectivity index (χ2n) is 7.68. The van der Waals surface area contributed by atoms with Crippen LogP contribution in [0.15, 0.2) is 4.99 Å². The molecule has 1 heterocycles. The summed E-state index contributed by atoms with van der Waals surface area (Å²) in [7, 11) is 1.80. The number of nitrogens with zero attached hydrogens (tertiary/aromatic N) is 3. The number of rotatable bonds is 8. The number of hydrogen-bond acceptors (Lipinski definition) is 7. The van der Waals surface area contributed by atoms with Gasteiger partial charge in [-0.05, 0) is 39.5 Å². The molecule has 1 aliphatic carbocycles. The van der Waals surface area contributed by atoms with Crippen molar-refractivity contribution in [2.24, 2.45) is 16.6 Å². The Morgan fingerprint density at radius 3 is 2.79 bits per heavy atom. The van der Waals surface area contributed by atoms with Gasteiger partial charge in [-0.25, -0.2) is 0 Å². The molecule has 2 rings (SSSR count). The Bertz CT molecular complexity index is 606. The molecule has 8 heteroatoms. The molecular formula is C20H36N6O2. The van der Waals surface area contributed by atoms with Gasteiger partial charge in [-0.3, -0.25) is 14.7 Å². The number of aliphatic imine (C=N–C) groups is 1. The summed E-state index contributed by atoms with van der Waals surface area (Å²) in [5.41, 5.74) is 8.05. The third-order valence-electron chi connectivity index (χ3n) is 5.66. The van der Waals surface area contributed by atoms with Crippen LogP contribution in [0.2, 0.25) is 0 Å². The molecule has 2 fully saturated rings. The van der Waals surface area contributed by atoms with Gasteiger partial charge in [0.15, 0.2) is 0 Å². The van der Waals surface area contributed by atoms with Crippen LogP contribution >= 0.6 is 0 Å². The molecule has 3 unspecified atom stereocenters. The van der Waals surface area contributed by atoms with E-state index < -0.39 is 0 Å². The van der Waals surface area contributed by atoms with Gasteiger partial charge in [0, 0.05) is 51.3 Å². The summed E-state index contributed by atoms with van der Waals surface area (Å²) in [5.74, 6) is -0.193. The van der Waals surface area contributed by atoms with Gasteiger partial charge in [0.1, 0.15) is 0 Å². The monoisotopic (exact) mass is 392 g/mol. The first-order chi connectivity index (χ1) is 13.4. The van der Waals surface area contributed by atoms with Crippen LogP contribution in [-0.4, -0.2) is 84.9 Å². The van der Waals surface area contributed by atoms with Crippen LogP contribution < -0.4 is 5.73 Å². The van der Waals surface area contributed by atoms with Crippen LogP contribution in [0, 0.1) is 16.7 Å². The molecule has 0 aromatic carbocycles. The predicted molar refractivity (Wildman–Crippen MR) is 113 cm³/mol. The van der Waals surface area contributed by atoms with Crippen molar-refractivity contribution in [3.8, 4) is 0 Å². The molecule has 1 saturated heterocycles. The van der Waals surface area contributed by atoms with E-state index in [1.54, 1.807) is 11.9 Å². The standard InChI is InChI=1S/C20H36N6O2/c1-4-24-17(12-18(22)26-10-9-25(3)19(27)13-26)20(23)15-11-14(28-5-2)7-6-8-16(15)21/h14-15,18,21,23H,4-13,22H2,1-3H3. The van der Waals surface area contributed by atoms with Gasteiger partial charge in [-0.15, -0.1) is 0 Å². The molecule has 8 nitrogen and oxygen atoms in total. The lowest BCUT2D eigenvalue weighted by Gasteiger charge is -2.36. The van der Waals surface area contributed by atoms with Gasteiger partial charge in [0.25, 0.3) is 0 Å². The molecular weight excluding hydrogens is 356 g/mol. The zero-order valence-corrected chi connectivity index (χ0v) is 17.5. The quantitative estimate of drug-likeness (QED) is 0.429. The van der Waals surface area contributed by atoms with Gasteiger partial charge in [-0.2, -0.15) is 0 Å². The number of carbonyl (C=O) groups is 1. The lowest BCUT2D eigenvalue weighted by molar-refractivity contribution is -0.135. The average molecular weight is 393 g/mol. The minimum absolute atomic E-state index is 0.0656. The lowest BCUT2D eigenvalue weighted by Crippen LogP contribution is -2.55. The maximum Gasteiger partial charge on any atom is 0.236 e. The maximum absolute atomic E-state index is 12.0. The molecule has 28 heavy (non-hydrogen) atoms. The van der Waals surface area contributed by atoms with Crippen LogP contribution in [0.25, 0.3) is 0 Å². The first-order valence-electron chi connectivity index (χ1n) is 10.4. The van der Waals surface area contributed by atoms with Crippen LogP contribution in [-0.2, 0) is 9.53 Å². The van der Waals surface area contributed by atoms with Crippen molar-refractivity contribution in [3.63, 3.8) is 0 Å². The van der Waals surface area contributed by atoms with E-state index in [9.17, 15) is 4.79 Å². The van der Waals surface area contributed by atoms with E-state index in [1.807, 2.05) is 18.7 Å². The third kappa shape index (κ3) is 5.93. The summed E-state index contributed by atoms with van der Waals surface area (Å²) in [4.78, 5) is 20.2. The molecule has 3 atom stereocenters. The molecule has 0 spiro atoms. The summed E-state index contributed by atoms with van der Waals surface area (Å²) in [6.07, 6.45) is 3.38. The van der Waals surface area contributed by atoms with Crippen molar-refractivity contribution in [1.82, 2.24) is 9.80 Å². The van der Waals surface area contributed by atoms with Crippen molar-refractivity contribution in [3.05, 3.63) is 0 Å². The summed E-state index contributed by atoms with van der Waals surface area (Å²) in [6, 6.07) is 0. The number of ether oxygens (including phenoxy) is 1. The van der Waals surface area contributed by atoms with Crippen LogP contribution in [0.4, 0.5) is 0 Å². The molecule has 4 N–H and O–H groups in total. The van der Waals surface area contributed by atoms with E-state index in [0.717, 1.165) is 19.4 Å². The highest BCUT2D eigenvalue weighted by Crippen LogP contribution is 2.25. The SMILES string of the molecule is CCN=C(CC(N)N1CCN(C)C(=O)C1)C(=N)C1CC(OCC)CCCC1=N. The number of carbonyl (C=O) groups excluding carboxylic acids is 1. The molecule has 0 aromatic heterocycles. The average Bonchev–Trinajstić information content (AvgIpc) is 2.84. The zero-order valence-electron chi connectivity index (χ0n) is 17.5. The van der Waals surface area contributed by atoms with Crippen LogP contribution in [0.5, 0.6) is 0 Å². The van der Waals surface area contributed by atoms with E-state index >= 15 is 0 Å². The number of nitrogens with two attached hydrogens (primary N) is 1. The van der Waals surface area contributed by atoms with Crippen molar-refractivity contribution >= 4 is 23.0 Å². The second kappa shape index (κ2) is 10.8. The Labute approximate surface area is 168 Å². The van der Waals surface area contributed by atoms with Crippen LogP contribution in [0.1, 0.15) is 46.0 Å². The molecule has 0 radical (unpaired) electrons. The van der Waals surface area contributed by atoms with Crippen LogP contribution in [0.3, 0.4) is 0 Å². The Kier molecular flexibility index (Phi) is 8.72. The van der Waals surface area contributed by atoms with Crippen molar-refractivity contribution in [1.29, 1.82) is 10.8 Å². The zero-order chi connectivity index (χ0) is 20.7. The fourth-order valence-corrected chi connectivity index (χ4v) is 3.94. The van der Waals surface area contributed by atoms with Crippen molar-refractivity contribution < 1.29 is 9.53 Å². The Balaban J connectivity index is 2.09. The fourth-order valence-electron chi connectivity index (χ4n) is 3.94. The van der Waals surface area contributed by atoms with Gasteiger partial charge in [-0.1, -0.05) is 0 Å². The number of piperazine rings is 1. The Morgan fingerprint density at radius 1 is 1.39 bits per heavy atom. The fraction of sp³-hybridized carbons (Fsp3) is 0.800. The minimum atomic E-state index is -0.356.